The fraction of sp³-hybridized carbons (Fsp3) is 0.471. The number of carbonyl (C=O) groups excluding carboxylic acids is 1. The minimum absolute atomic E-state index is 0.0113. The van der Waals surface area contributed by atoms with E-state index < -0.39 is 16.9 Å². The van der Waals surface area contributed by atoms with Crippen LogP contribution in [0.1, 0.15) is 60.0 Å². The number of ketones is 1. The van der Waals surface area contributed by atoms with Gasteiger partial charge in [-0.25, -0.2) is 4.79 Å². The third-order valence-electron chi connectivity index (χ3n) is 9.36. The summed E-state index contributed by atoms with van der Waals surface area (Å²) in [4.78, 5) is 26.2. The molecule has 2 aromatic carbocycles. The van der Waals surface area contributed by atoms with Gasteiger partial charge in [-0.15, -0.1) is 6.58 Å². The van der Waals surface area contributed by atoms with Crippen molar-refractivity contribution in [2.24, 2.45) is 16.2 Å². The number of amides is 1. The molecule has 2 aromatic rings. The highest BCUT2D eigenvalue weighted by atomic mass is 35.5. The highest BCUT2D eigenvalue weighted by Gasteiger charge is 2.44. The number of methoxy groups -OCH3 is 1. The minimum atomic E-state index is -1.98. The number of hydrogen-bond donors (Lipinski definition) is 2. The first-order valence-corrected chi connectivity index (χ1v) is 17.0. The zero-order chi connectivity index (χ0) is 32.0. The number of carboxylic acid groups (broad SMARTS) is 1. The Morgan fingerprint density at radius 3 is 2.89 bits per heavy atom. The predicted molar refractivity (Wildman–Crippen MR) is 177 cm³/mol. The van der Waals surface area contributed by atoms with E-state index in [1.54, 1.807) is 24.0 Å². The molecule has 0 unspecified atom stereocenters. The molecule has 1 aliphatic heterocycles. The number of carbonyl (C=O) groups is 2. The van der Waals surface area contributed by atoms with Crippen LogP contribution in [0.25, 0.3) is 0 Å². The lowest BCUT2D eigenvalue weighted by Crippen LogP contribution is -2.49. The van der Waals surface area contributed by atoms with Crippen molar-refractivity contribution in [3.8, 4) is 5.75 Å². The monoisotopic (exact) mass is 654 g/mol. The number of rotatable bonds is 12. The molecule has 0 saturated heterocycles. The third kappa shape index (κ3) is 7.73. The molecule has 3 aliphatic rings. The van der Waals surface area contributed by atoms with Crippen LogP contribution in [-0.2, 0) is 31.6 Å². The Bertz CT molecular complexity index is 1540. The van der Waals surface area contributed by atoms with Gasteiger partial charge >= 0.3 is 6.09 Å². The van der Waals surface area contributed by atoms with Crippen LogP contribution in [0.4, 0.5) is 10.5 Å². The Morgan fingerprint density at radius 2 is 2.16 bits per heavy atom. The maximum Gasteiger partial charge on any atom is 0.388 e. The van der Waals surface area contributed by atoms with Gasteiger partial charge in [-0.1, -0.05) is 40.6 Å². The highest BCUT2D eigenvalue weighted by Crippen LogP contribution is 2.47. The lowest BCUT2D eigenvalue weighted by Gasteiger charge is -2.46. The molecule has 2 aliphatic carbocycles. The van der Waals surface area contributed by atoms with Crippen molar-refractivity contribution in [1.29, 1.82) is 0 Å². The fourth-order valence-electron chi connectivity index (χ4n) is 7.00. The van der Waals surface area contributed by atoms with E-state index in [4.69, 9.17) is 26.2 Å². The summed E-state index contributed by atoms with van der Waals surface area (Å²) in [6, 6.07) is 11.9. The molecule has 0 aromatic heterocycles. The van der Waals surface area contributed by atoms with Gasteiger partial charge in [0.1, 0.15) is 5.75 Å². The predicted octanol–water partition coefficient (Wildman–Crippen LogP) is 6.89. The lowest BCUT2D eigenvalue weighted by molar-refractivity contribution is 0.0135. The smallest absolute Gasteiger partial charge is 0.388 e. The van der Waals surface area contributed by atoms with E-state index in [0.29, 0.717) is 36.8 Å². The number of halogens is 1. The number of ether oxygens (including phenoxy) is 2. The van der Waals surface area contributed by atoms with Crippen LogP contribution >= 0.6 is 11.6 Å². The fourth-order valence-corrected chi connectivity index (χ4v) is 7.70. The molecule has 4 atom stereocenters. The van der Waals surface area contributed by atoms with E-state index in [2.05, 4.69) is 28.0 Å². The minimum Gasteiger partial charge on any atom is -0.490 e. The van der Waals surface area contributed by atoms with Gasteiger partial charge in [0.05, 0.1) is 18.4 Å². The molecule has 1 fully saturated rings. The Labute approximate surface area is 272 Å². The number of unbranched alkanes of at least 4 members (excludes halogenated alkanes) is 1. The number of allylic oxidation sites excluding steroid dienone is 2. The van der Waals surface area contributed by atoms with Crippen LogP contribution in [0, 0.1) is 11.8 Å². The van der Waals surface area contributed by atoms with Crippen molar-refractivity contribution in [1.82, 2.24) is 4.72 Å². The van der Waals surface area contributed by atoms with Gasteiger partial charge in [-0.2, -0.15) is 0 Å². The Balaban J connectivity index is 1.38. The van der Waals surface area contributed by atoms with E-state index in [9.17, 15) is 13.8 Å². The van der Waals surface area contributed by atoms with Gasteiger partial charge < -0.3 is 32.8 Å². The van der Waals surface area contributed by atoms with Crippen LogP contribution in [0.5, 0.6) is 5.75 Å². The summed E-state index contributed by atoms with van der Waals surface area (Å²) in [5.74, 6) is 1.48. The summed E-state index contributed by atoms with van der Waals surface area (Å²) in [5.41, 5.74) is 3.89. The molecule has 1 heterocycles. The van der Waals surface area contributed by atoms with E-state index in [0.717, 1.165) is 61.7 Å². The topological polar surface area (TPSA) is 118 Å². The zero-order valence-corrected chi connectivity index (χ0v) is 27.2. The third-order valence-corrected chi connectivity index (χ3v) is 10.4. The first kappa shape index (κ1) is 33.0. The lowest BCUT2D eigenvalue weighted by atomic mass is 9.68. The number of nitrogens with one attached hydrogen (secondary N) is 1. The van der Waals surface area contributed by atoms with E-state index in [1.807, 2.05) is 30.3 Å². The molecule has 5 rings (SSSR count). The second-order valence-electron chi connectivity index (χ2n) is 12.1. The average Bonchev–Trinajstić information content (AvgIpc) is 3.15. The van der Waals surface area contributed by atoms with Crippen LogP contribution in [0.3, 0.4) is 0 Å². The maximum absolute atomic E-state index is 13.3. The number of fused-ring (bicyclic) bond motifs is 3. The SMILES string of the molecule is C=C[C@H](OC)[C@@H]1CC[C@H]1CN1C[C@@]2(CCCc3cc(Cl)ccc32)COc2ccc(C(=O)C=CCCCN=[S-](=O)NC(=O)O)cc21. The Kier molecular flexibility index (Phi) is 10.9. The summed E-state index contributed by atoms with van der Waals surface area (Å²) < 4.78 is 29.3. The first-order chi connectivity index (χ1) is 21.7. The molecule has 1 saturated carbocycles. The number of aryl methyl sites for hydroxylation is 1. The van der Waals surface area contributed by atoms with E-state index >= 15 is 0 Å². The second kappa shape index (κ2) is 14.8. The molecule has 242 valence electrons. The standard InChI is InChI=1S/C34H41ClN3O6S/c1-3-31(43-2)27-13-10-25(27)20-38-21-34(16-7-8-23-18-26(35)12-14-28(23)34)22-44-32-15-11-24(19-29(32)38)30(39)9-5-4-6-17-36-45(42)37-33(40)41/h3,5,9,11-12,14-15,18-19,25,27,31H,1,4,6-8,10,13,16-17,20-22H2,2H3,(H,40,41)(H,36,37,42)/q-1/t25-,27+,31-,34-/m0/s1. The molecular weight excluding hydrogens is 614 g/mol. The van der Waals surface area contributed by atoms with Crippen molar-refractivity contribution in [3.63, 3.8) is 0 Å². The van der Waals surface area contributed by atoms with Gasteiger partial charge in [0.25, 0.3) is 0 Å². The van der Waals surface area contributed by atoms with Crippen molar-refractivity contribution in [2.45, 2.75) is 56.5 Å². The van der Waals surface area contributed by atoms with Crippen LogP contribution in [0.2, 0.25) is 5.02 Å². The van der Waals surface area contributed by atoms with Crippen LogP contribution in [-0.4, -0.2) is 56.4 Å². The van der Waals surface area contributed by atoms with Gasteiger partial charge in [0.15, 0.2) is 5.78 Å². The molecule has 0 bridgehead atoms. The molecule has 1 amide bonds. The summed E-state index contributed by atoms with van der Waals surface area (Å²) >= 11 is 6.41. The number of benzene rings is 2. The summed E-state index contributed by atoms with van der Waals surface area (Å²) in [7, 11) is -0.232. The second-order valence-corrected chi connectivity index (χ2v) is 13.5. The molecule has 1 spiro atoms. The first-order valence-electron chi connectivity index (χ1n) is 15.5. The molecule has 9 nitrogen and oxygen atoms in total. The number of nitrogens with zero attached hydrogens (tertiary/aromatic N) is 2. The Morgan fingerprint density at radius 1 is 1.31 bits per heavy atom. The van der Waals surface area contributed by atoms with E-state index in [-0.39, 0.29) is 23.8 Å². The number of hydrogen-bond acceptors (Lipinski definition) is 8. The maximum atomic E-state index is 13.3. The van der Waals surface area contributed by atoms with Crippen molar-refractivity contribution in [3.05, 3.63) is 82.9 Å². The number of anilines is 1. The quantitative estimate of drug-likeness (QED) is 0.0841. The average molecular weight is 655 g/mol. The normalized spacial score (nSPS) is 23.7. The Hall–Kier alpha value is -3.34. The summed E-state index contributed by atoms with van der Waals surface area (Å²) in [6.07, 6.45) is 10.2. The van der Waals surface area contributed by atoms with Gasteiger partial charge in [-0.05, 0) is 104 Å². The zero-order valence-electron chi connectivity index (χ0n) is 25.6. The molecule has 45 heavy (non-hydrogen) atoms. The van der Waals surface area contributed by atoms with E-state index in [1.165, 1.54) is 11.1 Å². The van der Waals surface area contributed by atoms with Gasteiger partial charge in [0.2, 0.25) is 0 Å². The largest absolute Gasteiger partial charge is 0.490 e. The molecule has 2 N–H and O–H groups in total. The van der Waals surface area contributed by atoms with Gasteiger partial charge in [0, 0.05) is 42.7 Å². The van der Waals surface area contributed by atoms with Crippen LogP contribution in [0.15, 0.2) is 65.6 Å². The van der Waals surface area contributed by atoms with Crippen molar-refractivity contribution in [2.75, 3.05) is 38.3 Å². The summed E-state index contributed by atoms with van der Waals surface area (Å²) in [6.45, 7) is 6.37. The molecule has 0 radical (unpaired) electrons. The van der Waals surface area contributed by atoms with Crippen LogP contribution < -0.4 is 14.4 Å². The molecule has 11 heteroatoms. The summed E-state index contributed by atoms with van der Waals surface area (Å²) in [5, 5.41) is 9.34. The highest BCUT2D eigenvalue weighted by molar-refractivity contribution is 7.73. The van der Waals surface area contributed by atoms with Crippen molar-refractivity contribution < 1.29 is 28.4 Å². The molecular formula is C34H41ClN3O6S-. The van der Waals surface area contributed by atoms with Gasteiger partial charge in [-0.3, -0.25) is 4.79 Å². The van der Waals surface area contributed by atoms with Crippen molar-refractivity contribution >= 4 is 39.9 Å².